The van der Waals surface area contributed by atoms with E-state index >= 15 is 0 Å². The Hall–Kier alpha value is -3.75. The molecule has 5 rings (SSSR count). The highest BCUT2D eigenvalue weighted by atomic mass is 32.2. The van der Waals surface area contributed by atoms with Gasteiger partial charge in [0.2, 0.25) is 10.0 Å². The Kier molecular flexibility index (Phi) is 4.92. The molecular formula is C22H19N7O3S. The van der Waals surface area contributed by atoms with Crippen LogP contribution in [0.5, 0.6) is 0 Å². The van der Waals surface area contributed by atoms with E-state index in [9.17, 15) is 18.5 Å². The van der Waals surface area contributed by atoms with Crippen molar-refractivity contribution in [1.82, 2.24) is 24.3 Å². The van der Waals surface area contributed by atoms with Crippen LogP contribution in [0.25, 0.3) is 22.2 Å². The third-order valence-electron chi connectivity index (χ3n) is 6.01. The number of pyridine rings is 1. The number of carbonyl (C=O) groups excluding carboxylic acids is 1. The van der Waals surface area contributed by atoms with E-state index < -0.39 is 15.6 Å². The second-order valence-electron chi connectivity index (χ2n) is 8.28. The van der Waals surface area contributed by atoms with Gasteiger partial charge in [0.15, 0.2) is 0 Å². The summed E-state index contributed by atoms with van der Waals surface area (Å²) in [6.45, 7) is 0.337. The van der Waals surface area contributed by atoms with Gasteiger partial charge in [-0.15, -0.1) is 5.10 Å². The number of aliphatic imine (C=N–C) groups is 1. The van der Waals surface area contributed by atoms with Crippen LogP contribution in [0.3, 0.4) is 0 Å². The minimum atomic E-state index is -3.35. The molecule has 3 aromatic rings. The highest BCUT2D eigenvalue weighted by molar-refractivity contribution is 7.88. The highest BCUT2D eigenvalue weighted by Gasteiger charge is 2.49. The van der Waals surface area contributed by atoms with Gasteiger partial charge >= 0.3 is 0 Å². The molecule has 10 nitrogen and oxygen atoms in total. The summed E-state index contributed by atoms with van der Waals surface area (Å²) in [5, 5.41) is 18.9. The summed E-state index contributed by atoms with van der Waals surface area (Å²) in [6.07, 6.45) is 9.55. The number of fused-ring (bicyclic) bond motifs is 1. The predicted octanol–water partition coefficient (Wildman–Crippen LogP) is 1.63. The summed E-state index contributed by atoms with van der Waals surface area (Å²) in [5.74, 6) is -0.470. The molecule has 0 N–H and O–H groups in total. The van der Waals surface area contributed by atoms with Crippen molar-refractivity contribution in [3.63, 3.8) is 0 Å². The monoisotopic (exact) mass is 461 g/mol. The third-order valence-corrected chi connectivity index (χ3v) is 7.21. The number of amides is 1. The number of allylic oxidation sites excluding steroid dienone is 1. The third kappa shape index (κ3) is 3.73. The van der Waals surface area contributed by atoms with Crippen molar-refractivity contribution in [2.75, 3.05) is 19.3 Å². The summed E-state index contributed by atoms with van der Waals surface area (Å²) in [7, 11) is -3.35. The van der Waals surface area contributed by atoms with Gasteiger partial charge in [-0.25, -0.2) is 18.1 Å². The molecule has 33 heavy (non-hydrogen) atoms. The van der Waals surface area contributed by atoms with Crippen molar-refractivity contribution in [2.24, 2.45) is 4.99 Å². The van der Waals surface area contributed by atoms with Crippen LogP contribution in [0.1, 0.15) is 17.9 Å². The molecule has 0 radical (unpaired) electrons. The van der Waals surface area contributed by atoms with Crippen LogP contribution in [0.2, 0.25) is 0 Å². The minimum Gasteiger partial charge on any atom is -0.268 e. The topological polar surface area (TPSA) is 134 Å². The van der Waals surface area contributed by atoms with Gasteiger partial charge in [0.05, 0.1) is 30.5 Å². The molecule has 1 saturated heterocycles. The van der Waals surface area contributed by atoms with E-state index in [0.717, 1.165) is 28.3 Å². The van der Waals surface area contributed by atoms with Crippen LogP contribution in [-0.2, 0) is 20.4 Å². The first-order valence-electron chi connectivity index (χ1n) is 10.2. The molecule has 2 aliphatic rings. The summed E-state index contributed by atoms with van der Waals surface area (Å²) in [5.41, 5.74) is 2.28. The van der Waals surface area contributed by atoms with Crippen LogP contribution in [0, 0.1) is 11.3 Å². The lowest BCUT2D eigenvalue weighted by Crippen LogP contribution is -2.63. The number of sulfonamides is 1. The van der Waals surface area contributed by atoms with Gasteiger partial charge in [0, 0.05) is 48.4 Å². The van der Waals surface area contributed by atoms with Gasteiger partial charge in [-0.1, -0.05) is 17.4 Å². The average molecular weight is 462 g/mol. The lowest BCUT2D eigenvalue weighted by Gasteiger charge is -2.46. The molecule has 2 aliphatic heterocycles. The van der Waals surface area contributed by atoms with Gasteiger partial charge in [-0.2, -0.15) is 9.57 Å². The summed E-state index contributed by atoms with van der Waals surface area (Å²) < 4.78 is 26.7. The lowest BCUT2D eigenvalue weighted by molar-refractivity contribution is -0.113. The van der Waals surface area contributed by atoms with Crippen molar-refractivity contribution < 1.29 is 13.2 Å². The Labute approximate surface area is 189 Å². The van der Waals surface area contributed by atoms with Crippen LogP contribution in [0.15, 0.2) is 53.8 Å². The number of nitrogens with zero attached hydrogens (tertiary/aromatic N) is 7. The van der Waals surface area contributed by atoms with Crippen LogP contribution in [0.4, 0.5) is 0 Å². The fourth-order valence-electron chi connectivity index (χ4n) is 4.19. The first-order valence-corrected chi connectivity index (χ1v) is 12.0. The quantitative estimate of drug-likeness (QED) is 0.563. The highest BCUT2D eigenvalue weighted by Crippen LogP contribution is 2.36. The van der Waals surface area contributed by atoms with E-state index in [0.29, 0.717) is 5.69 Å². The fraction of sp³-hybridized carbons (Fsp3) is 0.273. The van der Waals surface area contributed by atoms with E-state index in [-0.39, 0.29) is 31.3 Å². The van der Waals surface area contributed by atoms with E-state index in [4.69, 9.17) is 0 Å². The first-order chi connectivity index (χ1) is 15.8. The summed E-state index contributed by atoms with van der Waals surface area (Å²) in [6, 6.07) is 9.84. The van der Waals surface area contributed by atoms with Gasteiger partial charge < -0.3 is 0 Å². The molecule has 0 spiro atoms. The zero-order valence-corrected chi connectivity index (χ0v) is 18.5. The summed E-state index contributed by atoms with van der Waals surface area (Å²) >= 11 is 0. The lowest BCUT2D eigenvalue weighted by atomic mass is 9.89. The normalized spacial score (nSPS) is 20.0. The standard InChI is InChI=1S/C22H19N7O3S/c1-33(31,32)28-13-22(14-28,6-7-23)29-12-20(26-27-29)18-9-16(15-4-5-21(30)25-11-15)10-19-17(18)3-2-8-24-19/h2-5,8-12,15H,6,13-14H2,1H3. The van der Waals surface area contributed by atoms with Crippen LogP contribution in [-0.4, -0.2) is 64.2 Å². The molecule has 1 amide bonds. The second-order valence-corrected chi connectivity index (χ2v) is 10.3. The number of aromatic nitrogens is 4. The predicted molar refractivity (Wildman–Crippen MR) is 121 cm³/mol. The van der Waals surface area contributed by atoms with Crippen molar-refractivity contribution in [3.05, 3.63) is 54.4 Å². The van der Waals surface area contributed by atoms with E-state index in [1.807, 2.05) is 24.3 Å². The SMILES string of the molecule is CS(=O)(=O)N1CC(CC#N)(n2cc(-c3cc(C4C=CC(=O)N=C4)cc4ncccc34)nn2)C1. The molecule has 166 valence electrons. The molecule has 0 bridgehead atoms. The minimum absolute atomic E-state index is 0.113. The number of hydrogen-bond acceptors (Lipinski definition) is 7. The fourth-order valence-corrected chi connectivity index (χ4v) is 5.14. The zero-order chi connectivity index (χ0) is 23.2. The van der Waals surface area contributed by atoms with E-state index in [2.05, 4.69) is 26.4 Å². The van der Waals surface area contributed by atoms with Crippen molar-refractivity contribution >= 4 is 33.0 Å². The molecule has 1 unspecified atom stereocenters. The zero-order valence-electron chi connectivity index (χ0n) is 17.7. The molecule has 0 aliphatic carbocycles. The van der Waals surface area contributed by atoms with Gasteiger partial charge in [0.25, 0.3) is 5.91 Å². The Morgan fingerprint density at radius 2 is 2.12 bits per heavy atom. The first kappa shape index (κ1) is 21.1. The molecule has 4 heterocycles. The molecule has 0 saturated carbocycles. The number of hydrogen-bond donors (Lipinski definition) is 0. The maximum Gasteiger partial charge on any atom is 0.269 e. The number of dihydropyridines is 1. The van der Waals surface area contributed by atoms with Crippen molar-refractivity contribution in [1.29, 1.82) is 5.26 Å². The molecule has 11 heteroatoms. The summed E-state index contributed by atoms with van der Waals surface area (Å²) in [4.78, 5) is 19.8. The molecule has 1 atom stereocenters. The number of carbonyl (C=O) groups is 1. The maximum absolute atomic E-state index is 11.9. The molecule has 1 fully saturated rings. The Balaban J connectivity index is 1.57. The Morgan fingerprint density at radius 1 is 1.30 bits per heavy atom. The Bertz CT molecular complexity index is 1460. The Morgan fingerprint density at radius 3 is 2.82 bits per heavy atom. The number of rotatable bonds is 5. The molecule has 1 aromatic carbocycles. The number of benzene rings is 1. The van der Waals surface area contributed by atoms with E-state index in [1.54, 1.807) is 29.4 Å². The van der Waals surface area contributed by atoms with Crippen LogP contribution >= 0.6 is 0 Å². The van der Waals surface area contributed by atoms with Crippen LogP contribution < -0.4 is 0 Å². The van der Waals surface area contributed by atoms with Gasteiger partial charge in [-0.3, -0.25) is 9.78 Å². The number of nitriles is 1. The van der Waals surface area contributed by atoms with Crippen molar-refractivity contribution in [2.45, 2.75) is 17.9 Å². The largest absolute Gasteiger partial charge is 0.269 e. The maximum atomic E-state index is 11.9. The molecular weight excluding hydrogens is 442 g/mol. The van der Waals surface area contributed by atoms with Gasteiger partial charge in [0.1, 0.15) is 11.2 Å². The average Bonchev–Trinajstić information content (AvgIpc) is 3.25. The van der Waals surface area contributed by atoms with Crippen molar-refractivity contribution in [3.8, 4) is 17.3 Å². The van der Waals surface area contributed by atoms with Gasteiger partial charge in [-0.05, 0) is 23.8 Å². The molecule has 2 aromatic heterocycles. The smallest absolute Gasteiger partial charge is 0.268 e. The van der Waals surface area contributed by atoms with E-state index in [1.165, 1.54) is 10.4 Å². The second kappa shape index (κ2) is 7.68.